The SMILES string of the molecule is O[C@@H]1[C@@H](OCCCc2ccc(Br)cc2)CC[C@H]1N1CCCCC1. The molecule has 0 spiro atoms. The van der Waals surface area contributed by atoms with Crippen LogP contribution in [0.3, 0.4) is 0 Å². The van der Waals surface area contributed by atoms with Gasteiger partial charge in [-0.2, -0.15) is 0 Å². The maximum absolute atomic E-state index is 10.6. The topological polar surface area (TPSA) is 32.7 Å². The average Bonchev–Trinajstić information content (AvgIpc) is 2.95. The molecule has 3 rings (SSSR count). The lowest BCUT2D eigenvalue weighted by atomic mass is 10.1. The van der Waals surface area contributed by atoms with Gasteiger partial charge in [0.2, 0.25) is 0 Å². The van der Waals surface area contributed by atoms with Crippen molar-refractivity contribution in [1.29, 1.82) is 0 Å². The van der Waals surface area contributed by atoms with Crippen LogP contribution in [0.1, 0.15) is 44.1 Å². The van der Waals surface area contributed by atoms with Crippen LogP contribution in [0, 0.1) is 0 Å². The molecule has 23 heavy (non-hydrogen) atoms. The van der Waals surface area contributed by atoms with E-state index in [9.17, 15) is 5.11 Å². The standard InChI is InChI=1S/C19H28BrNO2/c20-16-8-6-15(7-9-16)5-4-14-23-18-11-10-17(19(18)22)21-12-2-1-3-13-21/h6-9,17-19,22H,1-5,10-14H2/t17-,18+,19+/m1/s1. The summed E-state index contributed by atoms with van der Waals surface area (Å²) in [7, 11) is 0. The molecule has 4 heteroatoms. The highest BCUT2D eigenvalue weighted by molar-refractivity contribution is 9.10. The van der Waals surface area contributed by atoms with Crippen molar-refractivity contribution >= 4 is 15.9 Å². The summed E-state index contributed by atoms with van der Waals surface area (Å²) in [5.74, 6) is 0. The fourth-order valence-electron chi connectivity index (χ4n) is 3.92. The van der Waals surface area contributed by atoms with Crippen molar-refractivity contribution in [3.63, 3.8) is 0 Å². The van der Waals surface area contributed by atoms with Gasteiger partial charge in [0.25, 0.3) is 0 Å². The van der Waals surface area contributed by atoms with Crippen molar-refractivity contribution < 1.29 is 9.84 Å². The van der Waals surface area contributed by atoms with Crippen LogP contribution in [0.15, 0.2) is 28.7 Å². The number of likely N-dealkylation sites (tertiary alicyclic amines) is 1. The van der Waals surface area contributed by atoms with Gasteiger partial charge in [0.1, 0.15) is 0 Å². The summed E-state index contributed by atoms with van der Waals surface area (Å²) in [6, 6.07) is 8.80. The lowest BCUT2D eigenvalue weighted by Gasteiger charge is -2.34. The first kappa shape index (κ1) is 17.4. The van der Waals surface area contributed by atoms with Crippen LogP contribution in [0.4, 0.5) is 0 Å². The van der Waals surface area contributed by atoms with E-state index in [1.54, 1.807) is 0 Å². The van der Waals surface area contributed by atoms with Gasteiger partial charge in [0.05, 0.1) is 12.2 Å². The molecule has 1 aliphatic carbocycles. The summed E-state index contributed by atoms with van der Waals surface area (Å²) in [4.78, 5) is 2.49. The second kappa shape index (κ2) is 8.61. The summed E-state index contributed by atoms with van der Waals surface area (Å²) in [6.45, 7) is 3.04. The number of hydrogen-bond donors (Lipinski definition) is 1. The van der Waals surface area contributed by atoms with Crippen LogP contribution >= 0.6 is 15.9 Å². The average molecular weight is 382 g/mol. The summed E-state index contributed by atoms with van der Waals surface area (Å²) in [5.41, 5.74) is 1.34. The zero-order chi connectivity index (χ0) is 16.1. The molecule has 2 aliphatic rings. The van der Waals surface area contributed by atoms with E-state index in [2.05, 4.69) is 45.1 Å². The number of piperidine rings is 1. The Morgan fingerprint density at radius 1 is 1.09 bits per heavy atom. The zero-order valence-electron chi connectivity index (χ0n) is 13.8. The van der Waals surface area contributed by atoms with Gasteiger partial charge in [-0.1, -0.05) is 34.5 Å². The minimum Gasteiger partial charge on any atom is -0.389 e. The number of ether oxygens (including phenoxy) is 1. The second-order valence-corrected chi connectivity index (χ2v) is 7.79. The molecular weight excluding hydrogens is 354 g/mol. The molecule has 3 atom stereocenters. The van der Waals surface area contributed by atoms with Crippen LogP contribution in [-0.4, -0.2) is 48.0 Å². The van der Waals surface area contributed by atoms with E-state index >= 15 is 0 Å². The van der Waals surface area contributed by atoms with Gasteiger partial charge in [-0.3, -0.25) is 4.90 Å². The zero-order valence-corrected chi connectivity index (χ0v) is 15.4. The van der Waals surface area contributed by atoms with E-state index < -0.39 is 0 Å². The Morgan fingerprint density at radius 3 is 2.57 bits per heavy atom. The van der Waals surface area contributed by atoms with Crippen LogP contribution < -0.4 is 0 Å². The Balaban J connectivity index is 1.38. The van der Waals surface area contributed by atoms with Gasteiger partial charge in [-0.25, -0.2) is 0 Å². The maximum Gasteiger partial charge on any atom is 0.0956 e. The lowest BCUT2D eigenvalue weighted by Crippen LogP contribution is -2.46. The quantitative estimate of drug-likeness (QED) is 0.761. The number of nitrogens with zero attached hydrogens (tertiary/aromatic N) is 1. The summed E-state index contributed by atoms with van der Waals surface area (Å²) < 4.78 is 7.12. The highest BCUT2D eigenvalue weighted by atomic mass is 79.9. The predicted molar refractivity (Wildman–Crippen MR) is 96.7 cm³/mol. The Labute approximate surface area is 148 Å². The van der Waals surface area contributed by atoms with Gasteiger partial charge in [-0.05, 0) is 69.3 Å². The molecule has 0 bridgehead atoms. The van der Waals surface area contributed by atoms with Gasteiger partial charge in [0, 0.05) is 17.1 Å². The predicted octanol–water partition coefficient (Wildman–Crippen LogP) is 3.78. The largest absolute Gasteiger partial charge is 0.389 e. The first-order chi connectivity index (χ1) is 11.2. The van der Waals surface area contributed by atoms with Crippen molar-refractivity contribution in [1.82, 2.24) is 4.90 Å². The van der Waals surface area contributed by atoms with Crippen LogP contribution in [0.2, 0.25) is 0 Å². The molecule has 0 unspecified atom stereocenters. The first-order valence-electron chi connectivity index (χ1n) is 9.02. The molecule has 1 N–H and O–H groups in total. The summed E-state index contributed by atoms with van der Waals surface area (Å²) in [5, 5.41) is 10.6. The molecule has 1 aromatic rings. The van der Waals surface area contributed by atoms with Gasteiger partial charge < -0.3 is 9.84 Å². The Morgan fingerprint density at radius 2 is 1.83 bits per heavy atom. The van der Waals surface area contributed by atoms with Crippen LogP contribution in [-0.2, 0) is 11.2 Å². The van der Waals surface area contributed by atoms with E-state index in [-0.39, 0.29) is 12.2 Å². The molecule has 1 aliphatic heterocycles. The van der Waals surface area contributed by atoms with Crippen LogP contribution in [0.5, 0.6) is 0 Å². The van der Waals surface area contributed by atoms with Gasteiger partial charge >= 0.3 is 0 Å². The molecule has 1 saturated heterocycles. The molecular formula is C19H28BrNO2. The lowest BCUT2D eigenvalue weighted by molar-refractivity contribution is -0.0453. The normalized spacial score (nSPS) is 29.0. The van der Waals surface area contributed by atoms with Gasteiger partial charge in [0.15, 0.2) is 0 Å². The fraction of sp³-hybridized carbons (Fsp3) is 0.684. The van der Waals surface area contributed by atoms with Crippen molar-refractivity contribution in [2.75, 3.05) is 19.7 Å². The summed E-state index contributed by atoms with van der Waals surface area (Å²) >= 11 is 3.46. The number of aryl methyl sites for hydroxylation is 1. The second-order valence-electron chi connectivity index (χ2n) is 6.87. The molecule has 128 valence electrons. The van der Waals surface area contributed by atoms with Crippen molar-refractivity contribution in [2.24, 2.45) is 0 Å². The number of rotatable bonds is 6. The first-order valence-corrected chi connectivity index (χ1v) is 9.81. The van der Waals surface area contributed by atoms with Crippen molar-refractivity contribution in [2.45, 2.75) is 63.2 Å². The third kappa shape index (κ3) is 4.79. The van der Waals surface area contributed by atoms with Gasteiger partial charge in [-0.15, -0.1) is 0 Å². The third-order valence-electron chi connectivity index (χ3n) is 5.24. The van der Waals surface area contributed by atoms with E-state index in [0.717, 1.165) is 49.9 Å². The summed E-state index contributed by atoms with van der Waals surface area (Å²) in [6.07, 6.45) is 7.76. The third-order valence-corrected chi connectivity index (χ3v) is 5.77. The minimum absolute atomic E-state index is 0.0341. The smallest absolute Gasteiger partial charge is 0.0956 e. The molecule has 1 saturated carbocycles. The Kier molecular flexibility index (Phi) is 6.52. The molecule has 0 amide bonds. The highest BCUT2D eigenvalue weighted by Crippen LogP contribution is 2.29. The Bertz CT molecular complexity index is 473. The molecule has 0 aromatic heterocycles. The number of aliphatic hydroxyl groups excluding tert-OH is 1. The molecule has 3 nitrogen and oxygen atoms in total. The van der Waals surface area contributed by atoms with E-state index in [4.69, 9.17) is 4.74 Å². The van der Waals surface area contributed by atoms with E-state index in [1.165, 1.54) is 24.8 Å². The minimum atomic E-state index is -0.305. The molecule has 2 fully saturated rings. The molecule has 1 heterocycles. The monoisotopic (exact) mass is 381 g/mol. The van der Waals surface area contributed by atoms with E-state index in [1.807, 2.05) is 0 Å². The van der Waals surface area contributed by atoms with Crippen molar-refractivity contribution in [3.8, 4) is 0 Å². The number of benzene rings is 1. The van der Waals surface area contributed by atoms with Crippen LogP contribution in [0.25, 0.3) is 0 Å². The molecule has 1 aromatic carbocycles. The van der Waals surface area contributed by atoms with E-state index in [0.29, 0.717) is 6.04 Å². The van der Waals surface area contributed by atoms with Crippen molar-refractivity contribution in [3.05, 3.63) is 34.3 Å². The fourth-order valence-corrected chi connectivity index (χ4v) is 4.18. The highest BCUT2D eigenvalue weighted by Gasteiger charge is 2.38. The number of aliphatic hydroxyl groups is 1. The number of hydrogen-bond acceptors (Lipinski definition) is 3. The number of halogens is 1. The molecule has 0 radical (unpaired) electrons. The maximum atomic E-state index is 10.6. The Hall–Kier alpha value is -0.420.